The monoisotopic (exact) mass is 280 g/mol. The minimum Gasteiger partial charge on any atom is -0.319 e. The normalized spacial score (nSPS) is 26.7. The number of rotatable bonds is 5. The van der Waals surface area contributed by atoms with Crippen LogP contribution in [0.4, 0.5) is 0 Å². The highest BCUT2D eigenvalue weighted by atomic mass is 32.1. The third-order valence-electron chi connectivity index (χ3n) is 4.27. The quantitative estimate of drug-likeness (QED) is 0.896. The second-order valence-electron chi connectivity index (χ2n) is 5.49. The van der Waals surface area contributed by atoms with E-state index in [0.29, 0.717) is 5.92 Å². The van der Waals surface area contributed by atoms with Gasteiger partial charge >= 0.3 is 0 Å². The van der Waals surface area contributed by atoms with Crippen molar-refractivity contribution in [2.75, 3.05) is 0 Å². The molecule has 106 valence electrons. The number of hydrogen-bond acceptors (Lipinski definition) is 3. The summed E-state index contributed by atoms with van der Waals surface area (Å²) in [6.07, 6.45) is 2.06. The largest absolute Gasteiger partial charge is 0.319 e. The Kier molecular flexibility index (Phi) is 4.63. The zero-order chi connectivity index (χ0) is 14.0. The highest BCUT2D eigenvalue weighted by Crippen LogP contribution is 2.32. The SMILES string of the molecule is CCC(C)C1NC(c2ccsc2)N(C(C)CC)C1=O. The zero-order valence-electron chi connectivity index (χ0n) is 12.2. The van der Waals surface area contributed by atoms with Crippen LogP contribution in [0.25, 0.3) is 0 Å². The first-order chi connectivity index (χ1) is 9.10. The highest BCUT2D eigenvalue weighted by molar-refractivity contribution is 7.07. The van der Waals surface area contributed by atoms with Crippen LogP contribution in [0.5, 0.6) is 0 Å². The fourth-order valence-corrected chi connectivity index (χ4v) is 3.29. The lowest BCUT2D eigenvalue weighted by molar-refractivity contribution is -0.132. The molecule has 1 N–H and O–H groups in total. The molecule has 0 bridgehead atoms. The molecule has 1 aromatic rings. The van der Waals surface area contributed by atoms with Crippen molar-refractivity contribution in [2.45, 2.75) is 58.8 Å². The molecule has 4 heteroatoms. The summed E-state index contributed by atoms with van der Waals surface area (Å²) in [5.41, 5.74) is 1.21. The lowest BCUT2D eigenvalue weighted by Gasteiger charge is -2.29. The third-order valence-corrected chi connectivity index (χ3v) is 4.98. The summed E-state index contributed by atoms with van der Waals surface area (Å²) in [5.74, 6) is 0.641. The van der Waals surface area contributed by atoms with Gasteiger partial charge < -0.3 is 4.90 Å². The molecule has 2 heterocycles. The van der Waals surface area contributed by atoms with E-state index in [4.69, 9.17) is 0 Å². The Morgan fingerprint density at radius 1 is 1.37 bits per heavy atom. The van der Waals surface area contributed by atoms with E-state index in [1.54, 1.807) is 11.3 Å². The average Bonchev–Trinajstić information content (AvgIpc) is 3.04. The molecule has 1 aliphatic rings. The molecule has 1 amide bonds. The fraction of sp³-hybridized carbons (Fsp3) is 0.667. The Labute approximate surface area is 120 Å². The van der Waals surface area contributed by atoms with Crippen LogP contribution in [-0.2, 0) is 4.79 Å². The Balaban J connectivity index is 2.28. The molecule has 2 rings (SSSR count). The van der Waals surface area contributed by atoms with E-state index in [1.165, 1.54) is 5.56 Å². The van der Waals surface area contributed by atoms with Gasteiger partial charge in [0.2, 0.25) is 5.91 Å². The molecule has 1 saturated heterocycles. The first-order valence-corrected chi connectivity index (χ1v) is 8.14. The van der Waals surface area contributed by atoms with Crippen LogP contribution in [0.3, 0.4) is 0 Å². The third kappa shape index (κ3) is 2.70. The van der Waals surface area contributed by atoms with Gasteiger partial charge in [-0.2, -0.15) is 11.3 Å². The molecule has 3 nitrogen and oxygen atoms in total. The maximum Gasteiger partial charge on any atom is 0.241 e. The van der Waals surface area contributed by atoms with Crippen molar-refractivity contribution >= 4 is 17.2 Å². The van der Waals surface area contributed by atoms with Crippen LogP contribution in [0.15, 0.2) is 16.8 Å². The molecule has 4 unspecified atom stereocenters. The van der Waals surface area contributed by atoms with Crippen molar-refractivity contribution in [1.29, 1.82) is 0 Å². The highest BCUT2D eigenvalue weighted by Gasteiger charge is 2.43. The predicted octanol–water partition coefficient (Wildman–Crippen LogP) is 3.39. The van der Waals surface area contributed by atoms with Gasteiger partial charge in [-0.05, 0) is 41.7 Å². The molecule has 0 aliphatic carbocycles. The van der Waals surface area contributed by atoms with Gasteiger partial charge in [-0.1, -0.05) is 27.2 Å². The van der Waals surface area contributed by atoms with Gasteiger partial charge in [0.15, 0.2) is 0 Å². The molecule has 1 aliphatic heterocycles. The Bertz CT molecular complexity index is 418. The Hall–Kier alpha value is -0.870. The molecule has 19 heavy (non-hydrogen) atoms. The number of hydrogen-bond donors (Lipinski definition) is 1. The molecular formula is C15H24N2OS. The number of carbonyl (C=O) groups is 1. The van der Waals surface area contributed by atoms with Crippen LogP contribution in [0, 0.1) is 5.92 Å². The van der Waals surface area contributed by atoms with Crippen LogP contribution in [-0.4, -0.2) is 22.9 Å². The molecule has 0 saturated carbocycles. The topological polar surface area (TPSA) is 32.3 Å². The van der Waals surface area contributed by atoms with Crippen molar-refractivity contribution in [3.63, 3.8) is 0 Å². The van der Waals surface area contributed by atoms with Crippen molar-refractivity contribution in [1.82, 2.24) is 10.2 Å². The minimum absolute atomic E-state index is 0.0381. The van der Waals surface area contributed by atoms with Crippen molar-refractivity contribution in [3.8, 4) is 0 Å². The van der Waals surface area contributed by atoms with E-state index in [2.05, 4.69) is 49.8 Å². The summed E-state index contributed by atoms with van der Waals surface area (Å²) >= 11 is 1.69. The van der Waals surface area contributed by atoms with E-state index in [1.807, 2.05) is 4.90 Å². The number of nitrogens with zero attached hydrogens (tertiary/aromatic N) is 1. The molecule has 0 aromatic carbocycles. The second kappa shape index (κ2) is 6.06. The number of thiophene rings is 1. The first kappa shape index (κ1) is 14.5. The maximum atomic E-state index is 12.7. The number of carbonyl (C=O) groups excluding carboxylic acids is 1. The van der Waals surface area contributed by atoms with Gasteiger partial charge in [0.25, 0.3) is 0 Å². The number of amides is 1. The average molecular weight is 280 g/mol. The second-order valence-corrected chi connectivity index (χ2v) is 6.27. The smallest absolute Gasteiger partial charge is 0.241 e. The van der Waals surface area contributed by atoms with Crippen LogP contribution < -0.4 is 5.32 Å². The maximum absolute atomic E-state index is 12.7. The van der Waals surface area contributed by atoms with E-state index >= 15 is 0 Å². The van der Waals surface area contributed by atoms with Gasteiger partial charge in [0.05, 0.1) is 6.04 Å². The predicted molar refractivity (Wildman–Crippen MR) is 80.0 cm³/mol. The molecule has 1 fully saturated rings. The van der Waals surface area contributed by atoms with Crippen LogP contribution in [0.1, 0.15) is 52.3 Å². The van der Waals surface area contributed by atoms with Crippen molar-refractivity contribution in [2.24, 2.45) is 5.92 Å². The molecule has 1 aromatic heterocycles. The molecular weight excluding hydrogens is 256 g/mol. The fourth-order valence-electron chi connectivity index (χ4n) is 2.61. The van der Waals surface area contributed by atoms with E-state index in [9.17, 15) is 4.79 Å². The number of nitrogens with one attached hydrogen (secondary N) is 1. The molecule has 0 spiro atoms. The summed E-state index contributed by atoms with van der Waals surface area (Å²) in [6, 6.07) is 2.35. The van der Waals surface area contributed by atoms with Crippen molar-refractivity contribution < 1.29 is 4.79 Å². The van der Waals surface area contributed by atoms with Gasteiger partial charge in [-0.3, -0.25) is 10.1 Å². The summed E-state index contributed by atoms with van der Waals surface area (Å²) in [4.78, 5) is 14.7. The van der Waals surface area contributed by atoms with Gasteiger partial charge in [0, 0.05) is 6.04 Å². The van der Waals surface area contributed by atoms with E-state index in [0.717, 1.165) is 12.8 Å². The van der Waals surface area contributed by atoms with Crippen molar-refractivity contribution in [3.05, 3.63) is 22.4 Å². The minimum atomic E-state index is -0.0381. The summed E-state index contributed by atoms with van der Waals surface area (Å²) in [7, 11) is 0. The van der Waals surface area contributed by atoms with Gasteiger partial charge in [0.1, 0.15) is 6.17 Å². The Morgan fingerprint density at radius 3 is 2.63 bits per heavy atom. The Morgan fingerprint density at radius 2 is 2.11 bits per heavy atom. The van der Waals surface area contributed by atoms with E-state index in [-0.39, 0.29) is 24.2 Å². The zero-order valence-corrected chi connectivity index (χ0v) is 13.0. The van der Waals surface area contributed by atoms with Gasteiger partial charge in [-0.15, -0.1) is 0 Å². The van der Waals surface area contributed by atoms with E-state index < -0.39 is 0 Å². The van der Waals surface area contributed by atoms with Crippen LogP contribution in [0.2, 0.25) is 0 Å². The van der Waals surface area contributed by atoms with Gasteiger partial charge in [-0.25, -0.2) is 0 Å². The summed E-state index contributed by atoms with van der Waals surface area (Å²) in [6.45, 7) is 8.57. The summed E-state index contributed by atoms with van der Waals surface area (Å²) in [5, 5.41) is 7.76. The molecule has 0 radical (unpaired) electrons. The molecule has 4 atom stereocenters. The lowest BCUT2D eigenvalue weighted by atomic mass is 9.99. The lowest BCUT2D eigenvalue weighted by Crippen LogP contribution is -2.39. The first-order valence-electron chi connectivity index (χ1n) is 7.20. The van der Waals surface area contributed by atoms with Crippen LogP contribution >= 0.6 is 11.3 Å². The summed E-state index contributed by atoms with van der Waals surface area (Å²) < 4.78 is 0. The standard InChI is InChI=1S/C15H24N2OS/c1-5-10(3)13-15(18)17(11(4)6-2)14(16-13)12-7-8-19-9-12/h7-11,13-14,16H,5-6H2,1-4H3.